The Hall–Kier alpha value is -0.959. The maximum Gasteiger partial charge on any atom is 0.254 e. The van der Waals surface area contributed by atoms with Gasteiger partial charge in [0.25, 0.3) is 5.91 Å². The molecule has 0 radical (unpaired) electrons. The van der Waals surface area contributed by atoms with E-state index in [-0.39, 0.29) is 21.0 Å². The molecule has 0 aromatic rings. The van der Waals surface area contributed by atoms with Crippen LogP contribution in [0.4, 0.5) is 0 Å². The zero-order valence-corrected chi connectivity index (χ0v) is 30.9. The van der Waals surface area contributed by atoms with Crippen molar-refractivity contribution >= 4 is 30.9 Å². The van der Waals surface area contributed by atoms with Gasteiger partial charge >= 0.3 is 0 Å². The van der Waals surface area contributed by atoms with Crippen molar-refractivity contribution in [2.24, 2.45) is 0 Å². The molecule has 224 valence electrons. The molecule has 0 aromatic heterocycles. The standard InChI is InChI=1S/C31H59NO4Si3/c1-18-21-31(22-20-24-34-37(12,13)28(3,4)5)26(36-39(16,17)30(9,10)11)25(27(33)32(31)23-19-2)35-38(14,15)29(6,7)8/h18-19,25-26H,1-2,21,23-24H2,3-17H3/t25-,26-,31+/m0/s1. The first-order valence-corrected chi connectivity index (χ1v) is 23.1. The number of hydrogen-bond acceptors (Lipinski definition) is 4. The summed E-state index contributed by atoms with van der Waals surface area (Å²) in [7, 11) is -6.64. The minimum Gasteiger partial charge on any atom is -0.407 e. The Bertz CT molecular complexity index is 958. The SMILES string of the molecule is C=CCN1C(=O)[C@@H](O[Si](C)(C)C(C)(C)C)[C@H](O[Si](C)(C)C(C)(C)C)[C@]1(C#CCO[Si](C)(C)C(C)(C)C)CC=C. The van der Waals surface area contributed by atoms with Gasteiger partial charge < -0.3 is 18.2 Å². The van der Waals surface area contributed by atoms with Gasteiger partial charge in [-0.05, 0) is 54.4 Å². The molecule has 39 heavy (non-hydrogen) atoms. The van der Waals surface area contributed by atoms with Crippen LogP contribution in [-0.2, 0) is 18.1 Å². The van der Waals surface area contributed by atoms with E-state index in [1.54, 1.807) is 6.08 Å². The summed E-state index contributed by atoms with van der Waals surface area (Å²) in [6, 6.07) is 0. The van der Waals surface area contributed by atoms with Crippen LogP contribution in [0.25, 0.3) is 0 Å². The highest BCUT2D eigenvalue weighted by molar-refractivity contribution is 6.75. The monoisotopic (exact) mass is 593 g/mol. The van der Waals surface area contributed by atoms with Gasteiger partial charge in [-0.25, -0.2) is 0 Å². The summed E-state index contributed by atoms with van der Waals surface area (Å²) in [4.78, 5) is 16.1. The van der Waals surface area contributed by atoms with Crippen molar-refractivity contribution in [3.63, 3.8) is 0 Å². The van der Waals surface area contributed by atoms with Crippen molar-refractivity contribution < 1.29 is 18.1 Å². The highest BCUT2D eigenvalue weighted by Crippen LogP contribution is 2.47. The van der Waals surface area contributed by atoms with E-state index in [0.717, 1.165) is 0 Å². The van der Waals surface area contributed by atoms with E-state index >= 15 is 0 Å². The van der Waals surface area contributed by atoms with Crippen LogP contribution in [0.3, 0.4) is 0 Å². The second-order valence-electron chi connectivity index (χ2n) is 15.6. The Morgan fingerprint density at radius 2 is 1.28 bits per heavy atom. The minimum absolute atomic E-state index is 0.0534. The van der Waals surface area contributed by atoms with Crippen LogP contribution in [-0.4, -0.2) is 66.7 Å². The summed E-state index contributed by atoms with van der Waals surface area (Å²) in [6.45, 7) is 41.9. The zero-order chi connectivity index (χ0) is 30.9. The van der Waals surface area contributed by atoms with Crippen molar-refractivity contribution in [1.82, 2.24) is 4.90 Å². The number of likely N-dealkylation sites (tertiary alicyclic amines) is 1. The van der Waals surface area contributed by atoms with Gasteiger partial charge in [-0.3, -0.25) is 4.79 Å². The molecule has 0 N–H and O–H groups in total. The first-order valence-electron chi connectivity index (χ1n) is 14.3. The summed E-state index contributed by atoms with van der Waals surface area (Å²) in [6.07, 6.45) is 2.79. The second-order valence-corrected chi connectivity index (χ2v) is 29.9. The van der Waals surface area contributed by atoms with E-state index < -0.39 is 42.7 Å². The lowest BCUT2D eigenvalue weighted by Gasteiger charge is -2.45. The molecule has 3 atom stereocenters. The molecule has 1 fully saturated rings. The van der Waals surface area contributed by atoms with Crippen LogP contribution >= 0.6 is 0 Å². The lowest BCUT2D eigenvalue weighted by molar-refractivity contribution is -0.135. The maximum atomic E-state index is 14.2. The molecule has 1 heterocycles. The Labute approximate surface area is 244 Å². The Kier molecular flexibility index (Phi) is 11.2. The van der Waals surface area contributed by atoms with Gasteiger partial charge in [-0.2, -0.15) is 0 Å². The number of carbonyl (C=O) groups excluding carboxylic acids is 1. The second kappa shape index (κ2) is 12.1. The Balaban J connectivity index is 3.81. The normalized spacial score (nSPS) is 23.5. The zero-order valence-electron chi connectivity index (χ0n) is 27.9. The largest absolute Gasteiger partial charge is 0.407 e. The van der Waals surface area contributed by atoms with Gasteiger partial charge in [-0.1, -0.05) is 86.3 Å². The van der Waals surface area contributed by atoms with Gasteiger partial charge in [0.15, 0.2) is 31.1 Å². The minimum atomic E-state index is -2.33. The third-order valence-electron chi connectivity index (χ3n) is 9.58. The van der Waals surface area contributed by atoms with Crippen molar-refractivity contribution in [3.05, 3.63) is 25.3 Å². The number of hydrogen-bond donors (Lipinski definition) is 0. The van der Waals surface area contributed by atoms with Crippen molar-refractivity contribution in [2.75, 3.05) is 13.2 Å². The van der Waals surface area contributed by atoms with Crippen LogP contribution < -0.4 is 0 Å². The molecule has 0 saturated carbocycles. The van der Waals surface area contributed by atoms with Gasteiger partial charge in [-0.15, -0.1) is 13.2 Å². The van der Waals surface area contributed by atoms with E-state index in [1.165, 1.54) is 0 Å². The third kappa shape index (κ3) is 7.87. The molecule has 1 amide bonds. The molecule has 0 aromatic carbocycles. The molecule has 0 unspecified atom stereocenters. The fourth-order valence-corrected chi connectivity index (χ4v) is 7.17. The molecule has 0 aliphatic carbocycles. The molecule has 1 aliphatic heterocycles. The fraction of sp³-hybridized carbons (Fsp3) is 0.774. The topological polar surface area (TPSA) is 48.0 Å². The molecule has 0 bridgehead atoms. The summed E-state index contributed by atoms with van der Waals surface area (Å²) >= 11 is 0. The van der Waals surface area contributed by atoms with Crippen LogP contribution in [0, 0.1) is 11.8 Å². The van der Waals surface area contributed by atoms with E-state index in [1.807, 2.05) is 11.0 Å². The van der Waals surface area contributed by atoms with E-state index in [2.05, 4.69) is 127 Å². The molecule has 8 heteroatoms. The Morgan fingerprint density at radius 3 is 1.69 bits per heavy atom. The summed E-state index contributed by atoms with van der Waals surface area (Å²) < 4.78 is 20.5. The van der Waals surface area contributed by atoms with Crippen molar-refractivity contribution in [3.8, 4) is 11.8 Å². The van der Waals surface area contributed by atoms with E-state index in [4.69, 9.17) is 13.3 Å². The molecular formula is C31H59NO4Si3. The first-order chi connectivity index (χ1) is 17.3. The molecule has 0 spiro atoms. The number of nitrogens with zero attached hydrogens (tertiary/aromatic N) is 1. The quantitative estimate of drug-likeness (QED) is 0.146. The molecule has 1 aliphatic rings. The van der Waals surface area contributed by atoms with Crippen LogP contribution in [0.15, 0.2) is 25.3 Å². The van der Waals surface area contributed by atoms with Crippen molar-refractivity contribution in [2.45, 2.75) is 141 Å². The fourth-order valence-electron chi connectivity index (χ4n) is 3.78. The number of amides is 1. The predicted octanol–water partition coefficient (Wildman–Crippen LogP) is 8.14. The van der Waals surface area contributed by atoms with Gasteiger partial charge in [0.05, 0.1) is 6.61 Å². The lowest BCUT2D eigenvalue weighted by Crippen LogP contribution is -2.58. The average molecular weight is 594 g/mol. The van der Waals surface area contributed by atoms with Gasteiger partial charge in [0.1, 0.15) is 11.6 Å². The first kappa shape index (κ1) is 36.1. The van der Waals surface area contributed by atoms with Crippen LogP contribution in [0.5, 0.6) is 0 Å². The van der Waals surface area contributed by atoms with Crippen molar-refractivity contribution in [1.29, 1.82) is 0 Å². The highest BCUT2D eigenvalue weighted by atomic mass is 28.4. The van der Waals surface area contributed by atoms with E-state index in [0.29, 0.717) is 19.6 Å². The lowest BCUT2D eigenvalue weighted by atomic mass is 9.89. The van der Waals surface area contributed by atoms with Crippen LogP contribution in [0.1, 0.15) is 68.7 Å². The highest BCUT2D eigenvalue weighted by Gasteiger charge is 2.62. The summed E-state index contributed by atoms with van der Waals surface area (Å²) in [5, 5.41) is -0.0333. The Morgan fingerprint density at radius 1 is 0.821 bits per heavy atom. The summed E-state index contributed by atoms with van der Waals surface area (Å²) in [5.41, 5.74) is -0.924. The van der Waals surface area contributed by atoms with Gasteiger partial charge in [0, 0.05) is 13.0 Å². The molecular weight excluding hydrogens is 535 g/mol. The average Bonchev–Trinajstić information content (AvgIpc) is 2.91. The third-order valence-corrected chi connectivity index (χ3v) is 23.0. The van der Waals surface area contributed by atoms with Crippen LogP contribution in [0.2, 0.25) is 54.4 Å². The smallest absolute Gasteiger partial charge is 0.254 e. The van der Waals surface area contributed by atoms with Gasteiger partial charge in [0.2, 0.25) is 0 Å². The number of carbonyl (C=O) groups is 1. The predicted molar refractivity (Wildman–Crippen MR) is 175 cm³/mol. The molecule has 5 nitrogen and oxygen atoms in total. The maximum absolute atomic E-state index is 14.2. The number of rotatable bonds is 10. The van der Waals surface area contributed by atoms with E-state index in [9.17, 15) is 4.79 Å². The molecule has 1 rings (SSSR count). The molecule has 1 saturated heterocycles. The summed E-state index contributed by atoms with van der Waals surface area (Å²) in [5.74, 6) is 6.79.